The highest BCUT2D eigenvalue weighted by molar-refractivity contribution is 7.21. The van der Waals surface area contributed by atoms with Gasteiger partial charge in [-0.05, 0) is 6.07 Å². The molecule has 3 nitrogen and oxygen atoms in total. The van der Waals surface area contributed by atoms with Gasteiger partial charge in [-0.3, -0.25) is 0 Å². The first-order valence-electron chi connectivity index (χ1n) is 3.97. The van der Waals surface area contributed by atoms with Crippen molar-refractivity contribution < 1.29 is 0 Å². The van der Waals surface area contributed by atoms with Crippen LogP contribution >= 0.6 is 11.3 Å². The van der Waals surface area contributed by atoms with Gasteiger partial charge in [0, 0.05) is 10.9 Å². The highest BCUT2D eigenvalue weighted by atomic mass is 32.1. The molecule has 0 atom stereocenters. The monoisotopic (exact) mass is 189 g/mol. The fourth-order valence-electron chi connectivity index (χ4n) is 1.52. The minimum absolute atomic E-state index is 0.618. The number of aromatic nitrogens is 2. The smallest absolute Gasteiger partial charge is 0.182 e. The van der Waals surface area contributed by atoms with Crippen LogP contribution < -0.4 is 5.73 Å². The molecular weight excluding hydrogens is 182 g/mol. The summed E-state index contributed by atoms with van der Waals surface area (Å²) in [5.41, 5.74) is 7.72. The molecule has 3 N–H and O–H groups in total. The Morgan fingerprint density at radius 1 is 1.31 bits per heavy atom. The lowest BCUT2D eigenvalue weighted by molar-refractivity contribution is 1.51. The van der Waals surface area contributed by atoms with Crippen LogP contribution in [0.25, 0.3) is 21.3 Å². The molecule has 0 saturated heterocycles. The lowest BCUT2D eigenvalue weighted by atomic mass is 10.2. The average molecular weight is 189 g/mol. The molecule has 2 aromatic heterocycles. The number of H-pyrrole nitrogens is 1. The minimum atomic E-state index is 0.618. The number of anilines is 1. The van der Waals surface area contributed by atoms with Gasteiger partial charge in [0.1, 0.15) is 10.3 Å². The van der Waals surface area contributed by atoms with E-state index in [1.807, 2.05) is 24.3 Å². The van der Waals surface area contributed by atoms with E-state index in [2.05, 4.69) is 9.97 Å². The van der Waals surface area contributed by atoms with Gasteiger partial charge in [-0.15, -0.1) is 0 Å². The van der Waals surface area contributed by atoms with Crippen molar-refractivity contribution in [2.45, 2.75) is 0 Å². The summed E-state index contributed by atoms with van der Waals surface area (Å²) < 4.78 is 0. The summed E-state index contributed by atoms with van der Waals surface area (Å²) in [6.07, 6.45) is 0. The van der Waals surface area contributed by atoms with Gasteiger partial charge < -0.3 is 10.7 Å². The van der Waals surface area contributed by atoms with Crippen LogP contribution in [0.15, 0.2) is 24.3 Å². The van der Waals surface area contributed by atoms with E-state index >= 15 is 0 Å². The second kappa shape index (κ2) is 2.23. The number of benzene rings is 1. The van der Waals surface area contributed by atoms with Crippen molar-refractivity contribution in [1.82, 2.24) is 9.97 Å². The molecule has 3 aromatic rings. The number of aromatic amines is 1. The predicted molar refractivity (Wildman–Crippen MR) is 55.9 cm³/mol. The quantitative estimate of drug-likeness (QED) is 0.570. The van der Waals surface area contributed by atoms with E-state index in [-0.39, 0.29) is 0 Å². The zero-order valence-electron chi connectivity index (χ0n) is 6.74. The van der Waals surface area contributed by atoms with Gasteiger partial charge in [0.05, 0.1) is 0 Å². The molecule has 64 valence electrons. The number of fused-ring (bicyclic) bond motifs is 3. The summed E-state index contributed by atoms with van der Waals surface area (Å²) in [5, 5.41) is 1.76. The van der Waals surface area contributed by atoms with E-state index < -0.39 is 0 Å². The van der Waals surface area contributed by atoms with Crippen LogP contribution in [-0.2, 0) is 0 Å². The first-order valence-corrected chi connectivity index (χ1v) is 4.79. The Labute approximate surface area is 78.2 Å². The van der Waals surface area contributed by atoms with Crippen molar-refractivity contribution in [3.63, 3.8) is 0 Å². The minimum Gasteiger partial charge on any atom is -0.375 e. The lowest BCUT2D eigenvalue weighted by Gasteiger charge is -1.85. The van der Waals surface area contributed by atoms with Crippen LogP contribution in [0.4, 0.5) is 5.13 Å². The van der Waals surface area contributed by atoms with E-state index in [9.17, 15) is 0 Å². The second-order valence-electron chi connectivity index (χ2n) is 2.90. The Bertz CT molecular complexity index is 579. The van der Waals surface area contributed by atoms with Gasteiger partial charge in [0.2, 0.25) is 0 Å². The average Bonchev–Trinajstić information content (AvgIpc) is 2.60. The Balaban J connectivity index is 2.60. The largest absolute Gasteiger partial charge is 0.375 e. The highest BCUT2D eigenvalue weighted by Crippen LogP contribution is 2.29. The fourth-order valence-corrected chi connectivity index (χ4v) is 2.28. The zero-order chi connectivity index (χ0) is 8.84. The van der Waals surface area contributed by atoms with E-state index in [0.29, 0.717) is 5.13 Å². The Morgan fingerprint density at radius 2 is 2.15 bits per heavy atom. The van der Waals surface area contributed by atoms with Crippen LogP contribution in [0.5, 0.6) is 0 Å². The maximum Gasteiger partial charge on any atom is 0.182 e. The van der Waals surface area contributed by atoms with E-state index in [1.165, 1.54) is 11.3 Å². The van der Waals surface area contributed by atoms with Gasteiger partial charge in [-0.25, -0.2) is 4.98 Å². The third-order valence-electron chi connectivity index (χ3n) is 2.07. The molecule has 0 aliphatic rings. The molecule has 0 aliphatic heterocycles. The molecule has 1 aromatic carbocycles. The number of nitrogen functional groups attached to an aromatic ring is 1. The molecule has 0 bridgehead atoms. The number of hydrogen-bond acceptors (Lipinski definition) is 3. The zero-order valence-corrected chi connectivity index (χ0v) is 7.56. The Hall–Kier alpha value is -1.55. The summed E-state index contributed by atoms with van der Waals surface area (Å²) in [5.74, 6) is 0. The SMILES string of the molecule is Nc1nc2c([nH]c3ccccc32)s1. The summed E-state index contributed by atoms with van der Waals surface area (Å²) in [4.78, 5) is 8.60. The number of rotatable bonds is 0. The molecular formula is C9H7N3S. The number of nitrogens with one attached hydrogen (secondary N) is 1. The number of hydrogen-bond donors (Lipinski definition) is 2. The van der Waals surface area contributed by atoms with E-state index in [4.69, 9.17) is 5.73 Å². The van der Waals surface area contributed by atoms with Crippen molar-refractivity contribution in [1.29, 1.82) is 0 Å². The highest BCUT2D eigenvalue weighted by Gasteiger charge is 2.07. The van der Waals surface area contributed by atoms with Crippen LogP contribution in [0.3, 0.4) is 0 Å². The first-order chi connectivity index (χ1) is 6.34. The van der Waals surface area contributed by atoms with Crippen molar-refractivity contribution in [3.05, 3.63) is 24.3 Å². The predicted octanol–water partition coefficient (Wildman–Crippen LogP) is 2.36. The van der Waals surface area contributed by atoms with Crippen molar-refractivity contribution in [2.75, 3.05) is 5.73 Å². The summed E-state index contributed by atoms with van der Waals surface area (Å²) in [6, 6.07) is 8.10. The van der Waals surface area contributed by atoms with Crippen LogP contribution in [0, 0.1) is 0 Å². The number of nitrogens with zero attached hydrogens (tertiary/aromatic N) is 1. The topological polar surface area (TPSA) is 54.7 Å². The van der Waals surface area contributed by atoms with E-state index in [0.717, 1.165) is 21.3 Å². The second-order valence-corrected chi connectivity index (χ2v) is 3.93. The molecule has 0 spiro atoms. The molecule has 0 radical (unpaired) electrons. The molecule has 0 unspecified atom stereocenters. The molecule has 0 aliphatic carbocycles. The van der Waals surface area contributed by atoms with Gasteiger partial charge in [-0.1, -0.05) is 29.5 Å². The number of para-hydroxylation sites is 1. The Kier molecular flexibility index (Phi) is 1.19. The molecule has 3 rings (SSSR count). The molecule has 0 fully saturated rings. The maximum atomic E-state index is 5.61. The number of thiazole rings is 1. The normalized spacial score (nSPS) is 11.4. The standard InChI is InChI=1S/C9H7N3S/c10-9-12-7-5-3-1-2-4-6(5)11-8(7)13-9/h1-4,11H,(H2,10,12). The third kappa shape index (κ3) is 0.860. The van der Waals surface area contributed by atoms with Crippen molar-refractivity contribution >= 4 is 37.7 Å². The van der Waals surface area contributed by atoms with Crippen LogP contribution in [0.2, 0.25) is 0 Å². The van der Waals surface area contributed by atoms with Crippen LogP contribution in [-0.4, -0.2) is 9.97 Å². The number of nitrogens with two attached hydrogens (primary N) is 1. The van der Waals surface area contributed by atoms with Gasteiger partial charge in [0.15, 0.2) is 5.13 Å². The van der Waals surface area contributed by atoms with Gasteiger partial charge in [-0.2, -0.15) is 0 Å². The maximum absolute atomic E-state index is 5.61. The first kappa shape index (κ1) is 6.91. The molecule has 4 heteroatoms. The molecule has 0 saturated carbocycles. The fraction of sp³-hybridized carbons (Fsp3) is 0. The summed E-state index contributed by atoms with van der Waals surface area (Å²) in [7, 11) is 0. The van der Waals surface area contributed by atoms with Crippen molar-refractivity contribution in [3.8, 4) is 0 Å². The molecule has 0 amide bonds. The summed E-state index contributed by atoms with van der Waals surface area (Å²) >= 11 is 1.49. The third-order valence-corrected chi connectivity index (χ3v) is 2.87. The summed E-state index contributed by atoms with van der Waals surface area (Å²) in [6.45, 7) is 0. The van der Waals surface area contributed by atoms with E-state index in [1.54, 1.807) is 0 Å². The van der Waals surface area contributed by atoms with Crippen LogP contribution in [0.1, 0.15) is 0 Å². The molecule has 13 heavy (non-hydrogen) atoms. The Morgan fingerprint density at radius 3 is 3.08 bits per heavy atom. The lowest BCUT2D eigenvalue weighted by Crippen LogP contribution is -1.79. The van der Waals surface area contributed by atoms with Crippen molar-refractivity contribution in [2.24, 2.45) is 0 Å². The van der Waals surface area contributed by atoms with Gasteiger partial charge >= 0.3 is 0 Å². The molecule has 2 heterocycles. The van der Waals surface area contributed by atoms with Gasteiger partial charge in [0.25, 0.3) is 0 Å².